The second kappa shape index (κ2) is 9.94. The second-order valence-corrected chi connectivity index (χ2v) is 5.55. The van der Waals surface area contributed by atoms with Gasteiger partial charge < -0.3 is 4.74 Å². The molecule has 4 heteroatoms. The van der Waals surface area contributed by atoms with Crippen molar-refractivity contribution in [2.45, 2.75) is 57.8 Å². The van der Waals surface area contributed by atoms with Crippen molar-refractivity contribution in [1.82, 2.24) is 0 Å². The maximum Gasteiger partial charge on any atom is 0.319 e. The van der Waals surface area contributed by atoms with Crippen molar-refractivity contribution < 1.29 is 13.9 Å². The summed E-state index contributed by atoms with van der Waals surface area (Å²) in [7, 11) is 0. The highest BCUT2D eigenvalue weighted by molar-refractivity contribution is 8.00. The van der Waals surface area contributed by atoms with Crippen molar-refractivity contribution in [3.63, 3.8) is 0 Å². The number of hydrogen-bond donors (Lipinski definition) is 0. The first-order valence-electron chi connectivity index (χ1n) is 5.96. The summed E-state index contributed by atoms with van der Waals surface area (Å²) in [6, 6.07) is 0. The number of halogens is 1. The van der Waals surface area contributed by atoms with Crippen LogP contribution in [0.4, 0.5) is 4.39 Å². The topological polar surface area (TPSA) is 26.3 Å². The van der Waals surface area contributed by atoms with E-state index in [2.05, 4.69) is 0 Å². The fraction of sp³-hybridized carbons (Fsp3) is 0.917. The van der Waals surface area contributed by atoms with Gasteiger partial charge in [-0.1, -0.05) is 12.8 Å². The molecule has 0 aliphatic carbocycles. The van der Waals surface area contributed by atoms with Gasteiger partial charge in [0.2, 0.25) is 0 Å². The van der Waals surface area contributed by atoms with E-state index in [-0.39, 0.29) is 24.0 Å². The Hall–Kier alpha value is -0.250. The lowest BCUT2D eigenvalue weighted by molar-refractivity contribution is -0.146. The van der Waals surface area contributed by atoms with Crippen LogP contribution in [0, 0.1) is 0 Å². The number of carbonyl (C=O) groups excluding carboxylic acids is 1. The molecule has 0 radical (unpaired) electrons. The predicted octanol–water partition coefficient (Wildman–Crippen LogP) is 3.59. The first-order valence-corrected chi connectivity index (χ1v) is 7.01. The quantitative estimate of drug-likeness (QED) is 0.462. The Bertz CT molecular complexity index is 186. The highest BCUT2D eigenvalue weighted by Crippen LogP contribution is 2.15. The van der Waals surface area contributed by atoms with Crippen molar-refractivity contribution in [2.24, 2.45) is 0 Å². The Balaban J connectivity index is 3.42. The van der Waals surface area contributed by atoms with Gasteiger partial charge >= 0.3 is 5.97 Å². The molecular weight excluding hydrogens is 227 g/mol. The maximum absolute atomic E-state index is 11.8. The summed E-state index contributed by atoms with van der Waals surface area (Å²) in [6.07, 6.45) is 3.66. The van der Waals surface area contributed by atoms with Crippen LogP contribution in [0.25, 0.3) is 0 Å². The third kappa shape index (κ3) is 9.01. The zero-order valence-corrected chi connectivity index (χ0v) is 11.3. The smallest absolute Gasteiger partial charge is 0.319 e. The van der Waals surface area contributed by atoms with E-state index in [1.54, 1.807) is 11.8 Å². The van der Waals surface area contributed by atoms with Crippen LogP contribution < -0.4 is 0 Å². The van der Waals surface area contributed by atoms with Crippen LogP contribution in [0.2, 0.25) is 0 Å². The normalized spacial score (nSPS) is 12.8. The molecule has 96 valence electrons. The molecule has 2 nitrogen and oxygen atoms in total. The molecular formula is C12H23FO2S. The Morgan fingerprint density at radius 3 is 2.38 bits per heavy atom. The van der Waals surface area contributed by atoms with E-state index in [9.17, 15) is 9.18 Å². The van der Waals surface area contributed by atoms with E-state index < -0.39 is 0 Å². The number of unbranched alkanes of at least 4 members (excludes halogenated alkanes) is 3. The van der Waals surface area contributed by atoms with E-state index >= 15 is 0 Å². The number of esters is 1. The second-order valence-electron chi connectivity index (χ2n) is 4.10. The third-order valence-corrected chi connectivity index (χ3v) is 3.30. The lowest BCUT2D eigenvalue weighted by atomic mass is 10.2. The molecule has 0 aromatic heterocycles. The lowest BCUT2D eigenvalue weighted by Gasteiger charge is -2.13. The largest absolute Gasteiger partial charge is 0.462 e. The molecule has 0 N–H and O–H groups in total. The van der Waals surface area contributed by atoms with Crippen LogP contribution in [0.15, 0.2) is 0 Å². The van der Waals surface area contributed by atoms with Gasteiger partial charge in [0.25, 0.3) is 0 Å². The van der Waals surface area contributed by atoms with Crippen LogP contribution in [-0.2, 0) is 9.53 Å². The maximum atomic E-state index is 11.8. The molecule has 1 atom stereocenters. The van der Waals surface area contributed by atoms with Gasteiger partial charge in [0, 0.05) is 0 Å². The highest BCUT2D eigenvalue weighted by atomic mass is 32.2. The summed E-state index contributed by atoms with van der Waals surface area (Å²) in [5, 5.41) is -0.0939. The van der Waals surface area contributed by atoms with Crippen LogP contribution >= 0.6 is 11.8 Å². The summed E-state index contributed by atoms with van der Waals surface area (Å²) in [5.74, 6) is 0.810. The zero-order chi connectivity index (χ0) is 12.4. The summed E-state index contributed by atoms with van der Waals surface area (Å²) in [6.45, 7) is 5.36. The van der Waals surface area contributed by atoms with Gasteiger partial charge in [-0.25, -0.2) is 0 Å². The van der Waals surface area contributed by atoms with Crippen molar-refractivity contribution in [3.8, 4) is 0 Å². The Kier molecular flexibility index (Phi) is 9.78. The van der Waals surface area contributed by atoms with Gasteiger partial charge in [-0.15, -0.1) is 11.8 Å². The number of thioether (sulfide) groups is 1. The zero-order valence-electron chi connectivity index (χ0n) is 10.5. The van der Waals surface area contributed by atoms with Gasteiger partial charge in [0.15, 0.2) is 0 Å². The number of alkyl halides is 1. The number of rotatable bonds is 9. The molecule has 1 unspecified atom stereocenters. The highest BCUT2D eigenvalue weighted by Gasteiger charge is 2.15. The van der Waals surface area contributed by atoms with E-state index in [1.807, 2.05) is 20.8 Å². The molecule has 0 spiro atoms. The summed E-state index contributed by atoms with van der Waals surface area (Å²) < 4.78 is 16.9. The van der Waals surface area contributed by atoms with Gasteiger partial charge in [0.1, 0.15) is 0 Å². The summed E-state index contributed by atoms with van der Waals surface area (Å²) in [4.78, 5) is 11.4. The van der Waals surface area contributed by atoms with E-state index in [4.69, 9.17) is 4.74 Å². The minimum atomic E-state index is -0.218. The molecule has 0 aliphatic rings. The Labute approximate surface area is 102 Å². The monoisotopic (exact) mass is 250 g/mol. The fourth-order valence-electron chi connectivity index (χ4n) is 1.21. The minimum Gasteiger partial charge on any atom is -0.462 e. The van der Waals surface area contributed by atoms with Crippen molar-refractivity contribution >= 4 is 17.7 Å². The van der Waals surface area contributed by atoms with Crippen LogP contribution in [0.5, 0.6) is 0 Å². The molecule has 0 saturated carbocycles. The molecule has 0 aromatic carbocycles. The summed E-state index contributed by atoms with van der Waals surface area (Å²) >= 11 is 1.62. The number of carbonyl (C=O) groups is 1. The molecule has 0 rings (SSSR count). The van der Waals surface area contributed by atoms with Gasteiger partial charge in [-0.2, -0.15) is 0 Å². The van der Waals surface area contributed by atoms with Crippen LogP contribution in [0.1, 0.15) is 46.5 Å². The molecule has 0 bridgehead atoms. The van der Waals surface area contributed by atoms with Crippen molar-refractivity contribution in [2.75, 3.05) is 12.4 Å². The van der Waals surface area contributed by atoms with Crippen molar-refractivity contribution in [1.29, 1.82) is 0 Å². The van der Waals surface area contributed by atoms with E-state index in [0.717, 1.165) is 25.0 Å². The Morgan fingerprint density at radius 2 is 1.81 bits per heavy atom. The standard InChI is InChI=1S/C12H23FO2S/c1-10(2)15-12(14)11(3)16-9-7-5-4-6-8-13/h10-11H,4-9H2,1-3H3. The molecule has 0 aromatic rings. The molecule has 0 saturated heterocycles. The fourth-order valence-corrected chi connectivity index (χ4v) is 2.12. The van der Waals surface area contributed by atoms with Gasteiger partial charge in [-0.3, -0.25) is 9.18 Å². The van der Waals surface area contributed by atoms with E-state index in [0.29, 0.717) is 6.42 Å². The summed E-state index contributed by atoms with van der Waals surface area (Å²) in [5.41, 5.74) is 0. The minimum absolute atomic E-state index is 0.0416. The first-order chi connectivity index (χ1) is 7.57. The van der Waals surface area contributed by atoms with Gasteiger partial charge in [0.05, 0.1) is 18.0 Å². The van der Waals surface area contributed by atoms with Crippen LogP contribution in [0.3, 0.4) is 0 Å². The van der Waals surface area contributed by atoms with E-state index in [1.165, 1.54) is 0 Å². The van der Waals surface area contributed by atoms with Gasteiger partial charge in [-0.05, 0) is 39.4 Å². The molecule has 0 aliphatic heterocycles. The lowest BCUT2D eigenvalue weighted by Crippen LogP contribution is -2.21. The number of hydrogen-bond acceptors (Lipinski definition) is 3. The predicted molar refractivity (Wildman–Crippen MR) is 67.6 cm³/mol. The average molecular weight is 250 g/mol. The number of ether oxygens (including phenoxy) is 1. The SMILES string of the molecule is CC(C)OC(=O)C(C)SCCCCCCF. The first kappa shape index (κ1) is 15.8. The molecule has 0 heterocycles. The third-order valence-electron chi connectivity index (χ3n) is 2.08. The Morgan fingerprint density at radius 1 is 1.19 bits per heavy atom. The molecule has 16 heavy (non-hydrogen) atoms. The molecule has 0 fully saturated rings. The van der Waals surface area contributed by atoms with Crippen molar-refractivity contribution in [3.05, 3.63) is 0 Å². The average Bonchev–Trinajstić information content (AvgIpc) is 2.21. The molecule has 0 amide bonds. The van der Waals surface area contributed by atoms with Crippen LogP contribution in [-0.4, -0.2) is 29.8 Å².